The van der Waals surface area contributed by atoms with E-state index in [1.54, 1.807) is 36.5 Å². The van der Waals surface area contributed by atoms with E-state index in [1.165, 1.54) is 0 Å². The molecule has 0 bridgehead atoms. The second-order valence-corrected chi connectivity index (χ2v) is 8.89. The van der Waals surface area contributed by atoms with Crippen LogP contribution in [0, 0.1) is 0 Å². The summed E-state index contributed by atoms with van der Waals surface area (Å²) in [7, 11) is 1.76. The lowest BCUT2D eigenvalue weighted by Gasteiger charge is -2.18. The topological polar surface area (TPSA) is 133 Å². The molecule has 186 valence electrons. The van der Waals surface area contributed by atoms with Crippen molar-refractivity contribution in [2.75, 3.05) is 18.9 Å². The second-order valence-electron chi connectivity index (χ2n) is 8.89. The average molecular weight is 495 g/mol. The average Bonchev–Trinajstić information content (AvgIpc) is 3.46. The number of pyridine rings is 1. The number of aromatic nitrogens is 2. The van der Waals surface area contributed by atoms with Gasteiger partial charge in [-0.05, 0) is 28.8 Å². The Bertz CT molecular complexity index is 1510. The zero-order valence-corrected chi connectivity index (χ0v) is 20.2. The predicted octanol–water partition coefficient (Wildman–Crippen LogP) is 3.47. The smallest absolute Gasteiger partial charge is 0.317 e. The Kier molecular flexibility index (Phi) is 6.42. The largest absolute Gasteiger partial charge is 0.366 e. The van der Waals surface area contributed by atoms with Crippen molar-refractivity contribution < 1.29 is 14.4 Å². The van der Waals surface area contributed by atoms with E-state index in [0.29, 0.717) is 40.0 Å². The summed E-state index contributed by atoms with van der Waals surface area (Å²) < 4.78 is 0. The van der Waals surface area contributed by atoms with E-state index in [0.717, 1.165) is 11.1 Å². The molecule has 5 N–H and O–H groups in total. The summed E-state index contributed by atoms with van der Waals surface area (Å²) >= 11 is 0. The first kappa shape index (κ1) is 23.8. The molecule has 1 saturated heterocycles. The van der Waals surface area contributed by atoms with Gasteiger partial charge >= 0.3 is 6.03 Å². The Balaban J connectivity index is 1.37. The van der Waals surface area contributed by atoms with Gasteiger partial charge in [-0.3, -0.25) is 9.59 Å². The van der Waals surface area contributed by atoms with Gasteiger partial charge in [0.25, 0.3) is 0 Å². The fourth-order valence-corrected chi connectivity index (χ4v) is 4.54. The molecule has 1 atom stereocenters. The molecule has 4 aromatic rings. The number of amides is 4. The van der Waals surface area contributed by atoms with Crippen molar-refractivity contribution in [3.63, 3.8) is 0 Å². The molecule has 5 rings (SSSR count). The lowest BCUT2D eigenvalue weighted by Crippen LogP contribution is -2.25. The van der Waals surface area contributed by atoms with E-state index >= 15 is 0 Å². The molecule has 2 aromatic carbocycles. The van der Waals surface area contributed by atoms with Gasteiger partial charge in [-0.1, -0.05) is 54.6 Å². The number of urea groups is 1. The number of rotatable bonds is 7. The molecular weight excluding hydrogens is 468 g/mol. The number of hydrogen-bond acceptors (Lipinski definition) is 4. The molecule has 1 aliphatic rings. The van der Waals surface area contributed by atoms with Crippen LogP contribution in [0.25, 0.3) is 22.7 Å². The lowest BCUT2D eigenvalue weighted by atomic mass is 10.0. The van der Waals surface area contributed by atoms with Crippen LogP contribution < -0.4 is 16.4 Å². The second kappa shape index (κ2) is 9.98. The van der Waals surface area contributed by atoms with Crippen molar-refractivity contribution in [1.82, 2.24) is 20.2 Å². The number of nitrogens with one attached hydrogen (secondary N) is 3. The molecule has 2 aromatic heterocycles. The third-order valence-electron chi connectivity index (χ3n) is 6.49. The third kappa shape index (κ3) is 4.92. The number of carbonyl (C=O) groups excluding carboxylic acids is 3. The highest BCUT2D eigenvalue weighted by molar-refractivity contribution is 6.24. The van der Waals surface area contributed by atoms with Crippen molar-refractivity contribution in [3.8, 4) is 0 Å². The Labute approximate surface area is 213 Å². The Morgan fingerprint density at radius 3 is 2.57 bits per heavy atom. The van der Waals surface area contributed by atoms with E-state index in [1.807, 2.05) is 54.6 Å². The maximum Gasteiger partial charge on any atom is 0.317 e. The molecule has 3 heterocycles. The monoisotopic (exact) mass is 494 g/mol. The molecule has 9 nitrogen and oxygen atoms in total. The van der Waals surface area contributed by atoms with Crippen LogP contribution in [0.15, 0.2) is 73.1 Å². The van der Waals surface area contributed by atoms with Crippen LogP contribution in [0.1, 0.15) is 28.3 Å². The number of nitrogens with two attached hydrogens (primary N) is 1. The number of nitrogens with zero attached hydrogens (tertiary/aromatic N) is 2. The summed E-state index contributed by atoms with van der Waals surface area (Å²) in [6.45, 7) is 0.558. The van der Waals surface area contributed by atoms with Gasteiger partial charge in [0, 0.05) is 42.5 Å². The van der Waals surface area contributed by atoms with Gasteiger partial charge in [0.2, 0.25) is 11.8 Å². The van der Waals surface area contributed by atoms with Gasteiger partial charge in [0.15, 0.2) is 0 Å². The van der Waals surface area contributed by atoms with Crippen LogP contribution in [0.5, 0.6) is 0 Å². The Morgan fingerprint density at radius 1 is 1.14 bits per heavy atom. The van der Waals surface area contributed by atoms with Crippen molar-refractivity contribution in [3.05, 3.63) is 95.3 Å². The van der Waals surface area contributed by atoms with Crippen molar-refractivity contribution in [2.45, 2.75) is 12.5 Å². The fourth-order valence-electron chi connectivity index (χ4n) is 4.54. The highest BCUT2D eigenvalue weighted by Gasteiger charge is 2.28. The number of primary amides is 1. The van der Waals surface area contributed by atoms with Crippen LogP contribution in [0.4, 0.5) is 10.5 Å². The zero-order chi connectivity index (χ0) is 25.9. The van der Waals surface area contributed by atoms with Crippen LogP contribution in [-0.4, -0.2) is 46.3 Å². The van der Waals surface area contributed by atoms with Crippen molar-refractivity contribution in [1.29, 1.82) is 0 Å². The molecule has 0 aliphatic carbocycles. The normalized spacial score (nSPS) is 15.6. The number of carbonyl (C=O) groups is 3. The van der Waals surface area contributed by atoms with E-state index < -0.39 is 5.91 Å². The van der Waals surface area contributed by atoms with Crippen molar-refractivity contribution in [2.24, 2.45) is 5.73 Å². The van der Waals surface area contributed by atoms with Crippen LogP contribution >= 0.6 is 0 Å². The standard InChI is InChI=1S/C28H26N6O3/c1-34-23(16-32-28(34)37)19-9-7-17(8-10-19)13-24(35)33-22-11-12-30-27-25(22)20(15-31-27)14-21(26(29)36)18-5-3-2-4-6-18/h2-12,14-15,23H,13,16H2,1H3,(H2,29,36)(H,32,37)(H2,30,31,33,35). The van der Waals surface area contributed by atoms with Gasteiger partial charge in [0.1, 0.15) is 5.65 Å². The minimum absolute atomic E-state index is 0.0262. The lowest BCUT2D eigenvalue weighted by molar-refractivity contribution is -0.115. The summed E-state index contributed by atoms with van der Waals surface area (Å²) in [4.78, 5) is 46.0. The molecule has 37 heavy (non-hydrogen) atoms. The van der Waals surface area contributed by atoms with E-state index in [2.05, 4.69) is 20.6 Å². The Hall–Kier alpha value is -4.92. The maximum atomic E-state index is 13.0. The molecule has 1 unspecified atom stereocenters. The quantitative estimate of drug-likeness (QED) is 0.293. The molecule has 1 fully saturated rings. The van der Waals surface area contributed by atoms with Gasteiger partial charge in [-0.25, -0.2) is 9.78 Å². The summed E-state index contributed by atoms with van der Waals surface area (Å²) in [5.41, 5.74) is 10.4. The van der Waals surface area contributed by atoms with Gasteiger partial charge in [0.05, 0.1) is 18.2 Å². The van der Waals surface area contributed by atoms with Crippen LogP contribution in [-0.2, 0) is 16.0 Å². The minimum atomic E-state index is -0.553. The number of H-pyrrole nitrogens is 1. The first-order valence-electron chi connectivity index (χ1n) is 11.8. The molecule has 9 heteroatoms. The summed E-state index contributed by atoms with van der Waals surface area (Å²) in [6, 6.07) is 18.5. The number of anilines is 1. The fraction of sp³-hybridized carbons (Fsp3) is 0.143. The molecule has 0 spiro atoms. The molecule has 0 radical (unpaired) electrons. The summed E-state index contributed by atoms with van der Waals surface area (Å²) in [6.07, 6.45) is 5.22. The number of fused-ring (bicyclic) bond motifs is 1. The van der Waals surface area contributed by atoms with E-state index in [9.17, 15) is 14.4 Å². The van der Waals surface area contributed by atoms with Gasteiger partial charge in [-0.2, -0.15) is 0 Å². The number of likely N-dealkylation sites (N-methyl/N-ethyl adjacent to an activating group) is 1. The van der Waals surface area contributed by atoms with Crippen LogP contribution in [0.2, 0.25) is 0 Å². The summed E-state index contributed by atoms with van der Waals surface area (Å²) in [5.74, 6) is -0.744. The highest BCUT2D eigenvalue weighted by Crippen LogP contribution is 2.29. The van der Waals surface area contributed by atoms with Crippen molar-refractivity contribution >= 4 is 46.2 Å². The first-order valence-corrected chi connectivity index (χ1v) is 11.8. The highest BCUT2D eigenvalue weighted by atomic mass is 16.2. The maximum absolute atomic E-state index is 13.0. The molecule has 0 saturated carbocycles. The number of hydrogen-bond donors (Lipinski definition) is 4. The predicted molar refractivity (Wildman–Crippen MR) is 142 cm³/mol. The first-order chi connectivity index (χ1) is 17.9. The SMILES string of the molecule is CN1C(=O)NCC1c1ccc(CC(=O)Nc2ccnc3[nH]cc(C=C(C(N)=O)c4ccccc4)c23)cc1. The molecule has 1 aliphatic heterocycles. The van der Waals surface area contributed by atoms with Crippen LogP contribution in [0.3, 0.4) is 0 Å². The molecular formula is C28H26N6O3. The zero-order valence-electron chi connectivity index (χ0n) is 20.2. The van der Waals surface area contributed by atoms with Gasteiger partial charge < -0.3 is 26.3 Å². The minimum Gasteiger partial charge on any atom is -0.366 e. The van der Waals surface area contributed by atoms with Gasteiger partial charge in [-0.15, -0.1) is 0 Å². The number of aromatic amines is 1. The number of benzene rings is 2. The summed E-state index contributed by atoms with van der Waals surface area (Å²) in [5, 5.41) is 6.48. The third-order valence-corrected chi connectivity index (χ3v) is 6.49. The van der Waals surface area contributed by atoms with E-state index in [-0.39, 0.29) is 24.4 Å². The Morgan fingerprint density at radius 2 is 1.89 bits per heavy atom. The molecule has 4 amide bonds. The van der Waals surface area contributed by atoms with E-state index in [4.69, 9.17) is 5.73 Å².